The number of amides is 1. The van der Waals surface area contributed by atoms with Gasteiger partial charge in [-0.05, 0) is 23.4 Å². The van der Waals surface area contributed by atoms with Gasteiger partial charge in [0.05, 0.1) is 11.6 Å². The van der Waals surface area contributed by atoms with Crippen LogP contribution in [-0.4, -0.2) is 5.91 Å². The molecule has 2 aromatic rings. The Hall–Kier alpha value is -1.36. The number of carbonyl (C=O) groups excluding carboxylic acids is 1. The highest BCUT2D eigenvalue weighted by Gasteiger charge is 2.14. The van der Waals surface area contributed by atoms with Gasteiger partial charge in [0.1, 0.15) is 4.88 Å². The van der Waals surface area contributed by atoms with Crippen LogP contribution in [0.4, 0.5) is 0 Å². The average molecular weight is 282 g/mol. The van der Waals surface area contributed by atoms with Gasteiger partial charge < -0.3 is 0 Å². The standard InChI is InChI=1S/C13H12ClNO2S/c1-9-8-18-12(11(9)14)13(16)15-17-7-10-5-3-2-4-6-10/h2-6,8H,7H2,1H3,(H,15,16). The fraction of sp³-hybridized carbons (Fsp3) is 0.154. The maximum absolute atomic E-state index is 11.8. The van der Waals surface area contributed by atoms with E-state index in [1.807, 2.05) is 42.6 Å². The number of benzene rings is 1. The number of hydrogen-bond donors (Lipinski definition) is 1. The van der Waals surface area contributed by atoms with E-state index in [0.717, 1.165) is 11.1 Å². The zero-order valence-electron chi connectivity index (χ0n) is 9.77. The highest BCUT2D eigenvalue weighted by molar-refractivity contribution is 7.13. The summed E-state index contributed by atoms with van der Waals surface area (Å²) in [7, 11) is 0. The van der Waals surface area contributed by atoms with Crippen molar-refractivity contribution in [2.45, 2.75) is 13.5 Å². The van der Waals surface area contributed by atoms with Crippen LogP contribution in [0.1, 0.15) is 20.8 Å². The predicted octanol–water partition coefficient (Wildman–Crippen LogP) is 3.57. The van der Waals surface area contributed by atoms with E-state index in [1.165, 1.54) is 11.3 Å². The average Bonchev–Trinajstić information content (AvgIpc) is 2.71. The second-order valence-electron chi connectivity index (χ2n) is 3.77. The van der Waals surface area contributed by atoms with Crippen LogP contribution in [0, 0.1) is 6.92 Å². The molecule has 0 aliphatic carbocycles. The summed E-state index contributed by atoms with van der Waals surface area (Å²) in [6, 6.07) is 9.61. The Morgan fingerprint density at radius 1 is 1.39 bits per heavy atom. The second kappa shape index (κ2) is 6.00. The summed E-state index contributed by atoms with van der Waals surface area (Å²) in [6.07, 6.45) is 0. The fourth-order valence-electron chi connectivity index (χ4n) is 1.39. The molecule has 0 spiro atoms. The quantitative estimate of drug-likeness (QED) is 0.870. The van der Waals surface area contributed by atoms with Gasteiger partial charge in [-0.25, -0.2) is 5.48 Å². The second-order valence-corrected chi connectivity index (χ2v) is 5.02. The van der Waals surface area contributed by atoms with E-state index in [-0.39, 0.29) is 5.91 Å². The summed E-state index contributed by atoms with van der Waals surface area (Å²) in [5.41, 5.74) is 4.28. The van der Waals surface area contributed by atoms with Crippen molar-refractivity contribution in [2.75, 3.05) is 0 Å². The van der Waals surface area contributed by atoms with Crippen LogP contribution >= 0.6 is 22.9 Å². The molecule has 0 aliphatic rings. The first kappa shape index (κ1) is 13.1. The van der Waals surface area contributed by atoms with Crippen LogP contribution in [0.5, 0.6) is 0 Å². The molecule has 0 saturated heterocycles. The Kier molecular flexibility index (Phi) is 4.36. The Bertz CT molecular complexity index is 539. The van der Waals surface area contributed by atoms with Gasteiger partial charge in [-0.2, -0.15) is 0 Å². The molecule has 18 heavy (non-hydrogen) atoms. The van der Waals surface area contributed by atoms with Crippen molar-refractivity contribution >= 4 is 28.8 Å². The van der Waals surface area contributed by atoms with Gasteiger partial charge in [0.25, 0.3) is 5.91 Å². The highest BCUT2D eigenvalue weighted by atomic mass is 35.5. The summed E-state index contributed by atoms with van der Waals surface area (Å²) in [5, 5.41) is 2.33. The third-order valence-corrected chi connectivity index (χ3v) is 4.05. The molecule has 0 saturated carbocycles. The summed E-state index contributed by atoms with van der Waals surface area (Å²) in [5.74, 6) is -0.311. The molecule has 0 atom stereocenters. The van der Waals surface area contributed by atoms with E-state index in [4.69, 9.17) is 16.4 Å². The lowest BCUT2D eigenvalue weighted by atomic mass is 10.2. The van der Waals surface area contributed by atoms with E-state index in [9.17, 15) is 4.79 Å². The molecule has 0 aliphatic heterocycles. The van der Waals surface area contributed by atoms with Crippen molar-refractivity contribution in [3.8, 4) is 0 Å². The van der Waals surface area contributed by atoms with Crippen molar-refractivity contribution in [3.05, 3.63) is 56.7 Å². The molecule has 1 amide bonds. The number of nitrogens with one attached hydrogen (secondary N) is 1. The summed E-state index contributed by atoms with van der Waals surface area (Å²) in [6.45, 7) is 2.19. The van der Waals surface area contributed by atoms with Crippen molar-refractivity contribution in [1.82, 2.24) is 5.48 Å². The lowest BCUT2D eigenvalue weighted by molar-refractivity contribution is 0.0237. The SMILES string of the molecule is Cc1csc(C(=O)NOCc2ccccc2)c1Cl. The minimum Gasteiger partial charge on any atom is -0.269 e. The lowest BCUT2D eigenvalue weighted by Crippen LogP contribution is -2.22. The third kappa shape index (κ3) is 3.10. The summed E-state index contributed by atoms with van der Waals surface area (Å²) >= 11 is 7.30. The minimum absolute atomic E-state index is 0.311. The predicted molar refractivity (Wildman–Crippen MR) is 72.8 cm³/mol. The van der Waals surface area contributed by atoms with Crippen LogP contribution in [0.2, 0.25) is 5.02 Å². The van der Waals surface area contributed by atoms with Gasteiger partial charge in [0.15, 0.2) is 0 Å². The first-order valence-corrected chi connectivity index (χ1v) is 6.64. The third-order valence-electron chi connectivity index (χ3n) is 2.35. The summed E-state index contributed by atoms with van der Waals surface area (Å²) in [4.78, 5) is 17.4. The van der Waals surface area contributed by atoms with Crippen molar-refractivity contribution in [2.24, 2.45) is 0 Å². The number of thiophene rings is 1. The monoisotopic (exact) mass is 281 g/mol. The van der Waals surface area contributed by atoms with Gasteiger partial charge in [0.2, 0.25) is 0 Å². The molecule has 0 radical (unpaired) electrons. The number of rotatable bonds is 4. The number of hydrogen-bond acceptors (Lipinski definition) is 3. The molecular weight excluding hydrogens is 270 g/mol. The normalized spacial score (nSPS) is 10.3. The molecule has 2 rings (SSSR count). The van der Waals surface area contributed by atoms with Crippen LogP contribution in [0.15, 0.2) is 35.7 Å². The molecule has 0 unspecified atom stereocenters. The van der Waals surface area contributed by atoms with Crippen molar-refractivity contribution in [3.63, 3.8) is 0 Å². The molecule has 1 aromatic carbocycles. The Morgan fingerprint density at radius 2 is 2.11 bits per heavy atom. The number of halogens is 1. The van der Waals surface area contributed by atoms with Gasteiger partial charge in [-0.15, -0.1) is 11.3 Å². The molecule has 1 N–H and O–H groups in total. The van der Waals surface area contributed by atoms with Crippen molar-refractivity contribution in [1.29, 1.82) is 0 Å². The smallest absolute Gasteiger partial charge is 0.269 e. The number of carbonyl (C=O) groups is 1. The Labute approximate surface area is 114 Å². The van der Waals surface area contributed by atoms with E-state index < -0.39 is 0 Å². The number of aryl methyl sites for hydroxylation is 1. The first-order chi connectivity index (χ1) is 8.68. The van der Waals surface area contributed by atoms with Crippen LogP contribution in [-0.2, 0) is 11.4 Å². The van der Waals surface area contributed by atoms with Gasteiger partial charge in [0, 0.05) is 0 Å². The molecule has 1 aromatic heterocycles. The van der Waals surface area contributed by atoms with Gasteiger partial charge in [-0.3, -0.25) is 9.63 Å². The molecule has 5 heteroatoms. The van der Waals surface area contributed by atoms with E-state index in [0.29, 0.717) is 16.5 Å². The van der Waals surface area contributed by atoms with Gasteiger partial charge >= 0.3 is 0 Å². The maximum Gasteiger partial charge on any atom is 0.286 e. The zero-order chi connectivity index (χ0) is 13.0. The largest absolute Gasteiger partial charge is 0.286 e. The molecule has 0 fully saturated rings. The first-order valence-electron chi connectivity index (χ1n) is 5.38. The van der Waals surface area contributed by atoms with Gasteiger partial charge in [-0.1, -0.05) is 41.9 Å². The fourth-order valence-corrected chi connectivity index (χ4v) is 2.55. The van der Waals surface area contributed by atoms with Crippen molar-refractivity contribution < 1.29 is 9.63 Å². The molecular formula is C13H12ClNO2S. The zero-order valence-corrected chi connectivity index (χ0v) is 11.3. The molecule has 1 heterocycles. The molecule has 0 bridgehead atoms. The maximum atomic E-state index is 11.8. The van der Waals surface area contributed by atoms with E-state index >= 15 is 0 Å². The summed E-state index contributed by atoms with van der Waals surface area (Å²) < 4.78 is 0. The van der Waals surface area contributed by atoms with E-state index in [2.05, 4.69) is 5.48 Å². The Morgan fingerprint density at radius 3 is 2.72 bits per heavy atom. The number of hydroxylamine groups is 1. The van der Waals surface area contributed by atoms with Crippen LogP contribution < -0.4 is 5.48 Å². The van der Waals surface area contributed by atoms with Crippen LogP contribution in [0.3, 0.4) is 0 Å². The topological polar surface area (TPSA) is 38.3 Å². The molecule has 3 nitrogen and oxygen atoms in total. The lowest BCUT2D eigenvalue weighted by Gasteiger charge is -2.05. The molecule has 94 valence electrons. The van der Waals surface area contributed by atoms with Crippen LogP contribution in [0.25, 0.3) is 0 Å². The van der Waals surface area contributed by atoms with E-state index in [1.54, 1.807) is 0 Å². The Balaban J connectivity index is 1.88. The minimum atomic E-state index is -0.311. The highest BCUT2D eigenvalue weighted by Crippen LogP contribution is 2.26.